The number of hydrogen-bond acceptors (Lipinski definition) is 7. The molecule has 1 atom stereocenters. The molecule has 1 fully saturated rings. The van der Waals surface area contributed by atoms with Crippen LogP contribution in [-0.4, -0.2) is 61.0 Å². The van der Waals surface area contributed by atoms with Crippen LogP contribution >= 0.6 is 22.9 Å². The van der Waals surface area contributed by atoms with Gasteiger partial charge in [0.05, 0.1) is 28.9 Å². The summed E-state index contributed by atoms with van der Waals surface area (Å²) in [6.45, 7) is 3.28. The molecule has 6 rings (SSSR count). The molecule has 3 N–H and O–H groups in total. The van der Waals surface area contributed by atoms with Gasteiger partial charge in [0.1, 0.15) is 33.8 Å². The summed E-state index contributed by atoms with van der Waals surface area (Å²) in [5, 5.41) is 14.6. The Morgan fingerprint density at radius 2 is 1.95 bits per heavy atom. The van der Waals surface area contributed by atoms with E-state index in [1.807, 2.05) is 61.3 Å². The van der Waals surface area contributed by atoms with Gasteiger partial charge in [0, 0.05) is 43.5 Å². The van der Waals surface area contributed by atoms with Crippen molar-refractivity contribution in [3.05, 3.63) is 76.6 Å². The molecule has 0 bridgehead atoms. The highest BCUT2D eigenvalue weighted by molar-refractivity contribution is 7.16. The fourth-order valence-electron chi connectivity index (χ4n) is 5.38. The number of carbonyl (C=O) groups excluding carboxylic acids is 1. The van der Waals surface area contributed by atoms with E-state index in [1.54, 1.807) is 23.1 Å². The average Bonchev–Trinajstić information content (AvgIpc) is 3.74. The number of piperidine rings is 1. The highest BCUT2D eigenvalue weighted by Crippen LogP contribution is 2.39. The second-order valence-corrected chi connectivity index (χ2v) is 12.2. The maximum Gasteiger partial charge on any atom is 0.407 e. The number of likely N-dealkylation sites (tertiary alicyclic amines) is 1. The highest BCUT2D eigenvalue weighted by Gasteiger charge is 2.25. The number of hydrogen-bond donors (Lipinski definition) is 2. The van der Waals surface area contributed by atoms with Crippen LogP contribution in [0.25, 0.3) is 27.2 Å². The molecule has 0 radical (unpaired) electrons. The van der Waals surface area contributed by atoms with Crippen molar-refractivity contribution in [2.75, 3.05) is 19.7 Å². The van der Waals surface area contributed by atoms with Gasteiger partial charge in [-0.05, 0) is 49.4 Å². The van der Waals surface area contributed by atoms with Gasteiger partial charge in [-0.1, -0.05) is 29.8 Å². The summed E-state index contributed by atoms with van der Waals surface area (Å²) in [5.41, 5.74) is 10.1. The van der Waals surface area contributed by atoms with Crippen LogP contribution < -0.4 is 15.2 Å². The number of halogens is 1. The molecule has 228 valence electrons. The monoisotopic (exact) mass is 634 g/mol. The van der Waals surface area contributed by atoms with Crippen LogP contribution in [0.2, 0.25) is 5.02 Å². The van der Waals surface area contributed by atoms with E-state index in [4.69, 9.17) is 26.8 Å². The van der Waals surface area contributed by atoms with E-state index in [9.17, 15) is 14.7 Å². The molecule has 1 aliphatic heterocycles. The molecule has 13 heteroatoms. The zero-order valence-corrected chi connectivity index (χ0v) is 25.7. The lowest BCUT2D eigenvalue weighted by atomic mass is 9.98. The van der Waals surface area contributed by atoms with E-state index in [-0.39, 0.29) is 10.8 Å². The minimum Gasteiger partial charge on any atom is -0.492 e. The first-order chi connectivity index (χ1) is 21.2. The number of imidazole rings is 1. The number of thiophene rings is 1. The fraction of sp³-hybridized carbons (Fsp3) is 0.290. The van der Waals surface area contributed by atoms with Crippen LogP contribution in [0, 0.1) is 5.92 Å². The number of amides is 2. The van der Waals surface area contributed by atoms with Gasteiger partial charge < -0.3 is 25.2 Å². The Morgan fingerprint density at radius 3 is 2.66 bits per heavy atom. The Kier molecular flexibility index (Phi) is 8.19. The van der Waals surface area contributed by atoms with Crippen molar-refractivity contribution in [1.82, 2.24) is 24.2 Å². The summed E-state index contributed by atoms with van der Waals surface area (Å²) in [6.07, 6.45) is 5.53. The molecule has 11 nitrogen and oxygen atoms in total. The largest absolute Gasteiger partial charge is 0.492 e. The number of aryl methyl sites for hydroxylation is 1. The smallest absolute Gasteiger partial charge is 0.407 e. The van der Waals surface area contributed by atoms with Crippen molar-refractivity contribution in [3.8, 4) is 27.6 Å². The van der Waals surface area contributed by atoms with Crippen LogP contribution in [0.1, 0.15) is 41.1 Å². The van der Waals surface area contributed by atoms with E-state index < -0.39 is 18.1 Å². The molecule has 1 aliphatic rings. The third kappa shape index (κ3) is 5.95. The van der Waals surface area contributed by atoms with Crippen LogP contribution in [0.4, 0.5) is 4.79 Å². The van der Waals surface area contributed by atoms with Crippen molar-refractivity contribution < 1.29 is 24.2 Å². The number of primary amides is 1. The van der Waals surface area contributed by atoms with Gasteiger partial charge in [-0.3, -0.25) is 14.0 Å². The lowest BCUT2D eigenvalue weighted by Crippen LogP contribution is -2.38. The Balaban J connectivity index is 1.19. The Morgan fingerprint density at radius 1 is 1.16 bits per heavy atom. The van der Waals surface area contributed by atoms with E-state index in [1.165, 1.54) is 16.2 Å². The predicted octanol–water partition coefficient (Wildman–Crippen LogP) is 6.15. The summed E-state index contributed by atoms with van der Waals surface area (Å²) in [4.78, 5) is 29.9. The topological polar surface area (TPSA) is 138 Å². The minimum atomic E-state index is -0.889. The van der Waals surface area contributed by atoms with Gasteiger partial charge in [-0.2, -0.15) is 5.10 Å². The molecule has 3 aromatic heterocycles. The first kappa shape index (κ1) is 29.5. The first-order valence-electron chi connectivity index (χ1n) is 14.1. The van der Waals surface area contributed by atoms with Crippen LogP contribution in [-0.2, 0) is 7.05 Å². The molecule has 0 unspecified atom stereocenters. The number of benzene rings is 2. The average molecular weight is 635 g/mol. The Bertz CT molecular complexity index is 1840. The molecule has 0 aliphatic carbocycles. The maximum atomic E-state index is 12.4. The third-order valence-electron chi connectivity index (χ3n) is 7.83. The Labute approximate surface area is 262 Å². The Hall–Kier alpha value is -4.55. The molecule has 4 heterocycles. The number of fused-ring (bicyclic) bond motifs is 1. The second-order valence-electron chi connectivity index (χ2n) is 10.8. The molecule has 2 aromatic carbocycles. The lowest BCUT2D eigenvalue weighted by Gasteiger charge is -2.30. The number of ether oxygens (including phenoxy) is 2. The minimum absolute atomic E-state index is 0.238. The van der Waals surface area contributed by atoms with Crippen molar-refractivity contribution in [1.29, 1.82) is 0 Å². The SMILES string of the molecule is C[C@@H](Oc1cc(-n2cnc3cc(-c4cnn(C)c4)ccc32)sc1C(N)=O)c1cccc(OCC2CCN(C(=O)O)CC2)c1Cl. The van der Waals surface area contributed by atoms with Crippen molar-refractivity contribution >= 4 is 46.0 Å². The zero-order valence-electron chi connectivity index (χ0n) is 24.1. The van der Waals surface area contributed by atoms with Crippen LogP contribution in [0.3, 0.4) is 0 Å². The number of nitrogens with zero attached hydrogens (tertiary/aromatic N) is 5. The van der Waals surface area contributed by atoms with Crippen molar-refractivity contribution in [2.45, 2.75) is 25.9 Å². The number of carboxylic acid groups (broad SMARTS) is 1. The van der Waals surface area contributed by atoms with Gasteiger partial charge in [0.25, 0.3) is 5.91 Å². The van der Waals surface area contributed by atoms with Gasteiger partial charge in [0.2, 0.25) is 0 Å². The molecular weight excluding hydrogens is 604 g/mol. The summed E-state index contributed by atoms with van der Waals surface area (Å²) in [7, 11) is 1.88. The van der Waals surface area contributed by atoms with Crippen molar-refractivity contribution in [2.24, 2.45) is 18.7 Å². The fourth-order valence-corrected chi connectivity index (χ4v) is 6.65. The molecule has 2 amide bonds. The van der Waals surface area contributed by atoms with Gasteiger partial charge in [-0.25, -0.2) is 9.78 Å². The first-order valence-corrected chi connectivity index (χ1v) is 15.3. The van der Waals surface area contributed by atoms with E-state index >= 15 is 0 Å². The van der Waals surface area contributed by atoms with E-state index in [0.717, 1.165) is 40.0 Å². The molecule has 44 heavy (non-hydrogen) atoms. The van der Waals surface area contributed by atoms with Gasteiger partial charge >= 0.3 is 6.09 Å². The van der Waals surface area contributed by atoms with Crippen LogP contribution in [0.5, 0.6) is 11.5 Å². The van der Waals surface area contributed by atoms with E-state index in [0.29, 0.717) is 41.8 Å². The zero-order chi connectivity index (χ0) is 31.0. The maximum absolute atomic E-state index is 12.4. The molecule has 1 saturated heterocycles. The summed E-state index contributed by atoms with van der Waals surface area (Å²) in [5.74, 6) is 0.523. The molecular formula is C31H31ClN6O5S. The van der Waals surface area contributed by atoms with E-state index in [2.05, 4.69) is 10.1 Å². The number of aromatic nitrogens is 4. The predicted molar refractivity (Wildman–Crippen MR) is 168 cm³/mol. The molecule has 0 spiro atoms. The summed E-state index contributed by atoms with van der Waals surface area (Å²) >= 11 is 7.99. The second kappa shape index (κ2) is 12.2. The number of rotatable bonds is 9. The van der Waals surface area contributed by atoms with Crippen molar-refractivity contribution in [3.63, 3.8) is 0 Å². The normalized spacial score (nSPS) is 14.6. The number of nitrogens with two attached hydrogens (primary N) is 1. The third-order valence-corrected chi connectivity index (χ3v) is 9.36. The van der Waals surface area contributed by atoms with Gasteiger partial charge in [-0.15, -0.1) is 11.3 Å². The highest BCUT2D eigenvalue weighted by atomic mass is 35.5. The lowest BCUT2D eigenvalue weighted by molar-refractivity contribution is 0.0998. The summed E-state index contributed by atoms with van der Waals surface area (Å²) in [6, 6.07) is 13.3. The van der Waals surface area contributed by atoms with Crippen LogP contribution in [0.15, 0.2) is 61.2 Å². The summed E-state index contributed by atoms with van der Waals surface area (Å²) < 4.78 is 16.0. The molecule has 0 saturated carbocycles. The number of carbonyl (C=O) groups is 2. The molecule has 5 aromatic rings. The van der Waals surface area contributed by atoms with Gasteiger partial charge in [0.15, 0.2) is 0 Å². The standard InChI is InChI=1S/C31H31ClN6O5S/c1-18(22-4-3-5-25(28(22)32)42-16-19-8-10-37(11-9-19)31(40)41)43-26-13-27(44-29(26)30(33)39)38-17-34-23-12-20(6-7-24(23)38)21-14-35-36(2)15-21/h3-7,12-15,17-19H,8-11,16H2,1-2H3,(H2,33,39)(H,40,41)/t18-/m1/s1. The quantitative estimate of drug-likeness (QED) is 0.198.